The van der Waals surface area contributed by atoms with Gasteiger partial charge in [-0.1, -0.05) is 30.3 Å². The fraction of sp³-hybridized carbons (Fsp3) is 0.389. The minimum atomic E-state index is -0.195. The van der Waals surface area contributed by atoms with Crippen molar-refractivity contribution in [1.29, 1.82) is 0 Å². The molecule has 1 saturated heterocycles. The number of anilines is 1. The molecule has 1 aliphatic rings. The maximum atomic E-state index is 12.3. The first-order valence-electron chi connectivity index (χ1n) is 8.18. The average Bonchev–Trinajstić information content (AvgIpc) is 2.63. The smallest absolute Gasteiger partial charge is 0.272 e. The first kappa shape index (κ1) is 15.5. The summed E-state index contributed by atoms with van der Waals surface area (Å²) in [6, 6.07) is 13.5. The van der Waals surface area contributed by atoms with Crippen molar-refractivity contribution in [2.75, 3.05) is 18.0 Å². The predicted octanol–water partition coefficient (Wildman–Crippen LogP) is 2.96. The Hall–Kier alpha value is -2.43. The Kier molecular flexibility index (Phi) is 4.86. The van der Waals surface area contributed by atoms with Gasteiger partial charge in [0, 0.05) is 13.1 Å². The van der Waals surface area contributed by atoms with Crippen LogP contribution in [0.15, 0.2) is 42.5 Å². The highest BCUT2D eigenvalue weighted by Gasteiger charge is 2.15. The molecule has 0 saturated carbocycles. The monoisotopic (exact) mass is 310 g/mol. The van der Waals surface area contributed by atoms with E-state index in [1.165, 1.54) is 19.3 Å². The number of rotatable bonds is 4. The Morgan fingerprint density at radius 3 is 2.43 bits per heavy atom. The molecule has 3 rings (SSSR count). The molecule has 5 nitrogen and oxygen atoms in total. The molecular weight excluding hydrogens is 288 g/mol. The molecule has 1 aromatic heterocycles. The number of nitrogens with one attached hydrogen (secondary N) is 1. The van der Waals surface area contributed by atoms with Gasteiger partial charge in [-0.15, -0.1) is 10.2 Å². The molecule has 2 aromatic rings. The van der Waals surface area contributed by atoms with Gasteiger partial charge in [0.05, 0.1) is 6.04 Å². The molecule has 1 aromatic carbocycles. The Morgan fingerprint density at radius 2 is 1.78 bits per heavy atom. The third kappa shape index (κ3) is 3.86. The van der Waals surface area contributed by atoms with Crippen LogP contribution in [0.25, 0.3) is 0 Å². The maximum Gasteiger partial charge on any atom is 0.272 e. The predicted molar refractivity (Wildman–Crippen MR) is 90.4 cm³/mol. The number of piperidine rings is 1. The summed E-state index contributed by atoms with van der Waals surface area (Å²) >= 11 is 0. The molecule has 1 fully saturated rings. The Morgan fingerprint density at radius 1 is 1.04 bits per heavy atom. The number of amides is 1. The van der Waals surface area contributed by atoms with Crippen molar-refractivity contribution < 1.29 is 4.79 Å². The second-order valence-electron chi connectivity index (χ2n) is 5.93. The molecule has 23 heavy (non-hydrogen) atoms. The Balaban J connectivity index is 1.63. The molecule has 1 unspecified atom stereocenters. The first-order valence-corrected chi connectivity index (χ1v) is 8.18. The summed E-state index contributed by atoms with van der Waals surface area (Å²) in [5.41, 5.74) is 1.42. The lowest BCUT2D eigenvalue weighted by molar-refractivity contribution is 0.0934. The highest BCUT2D eigenvalue weighted by molar-refractivity contribution is 5.92. The summed E-state index contributed by atoms with van der Waals surface area (Å²) in [7, 11) is 0. The largest absolute Gasteiger partial charge is 0.355 e. The van der Waals surface area contributed by atoms with Crippen LogP contribution in [-0.4, -0.2) is 29.2 Å². The van der Waals surface area contributed by atoms with Crippen LogP contribution in [0.5, 0.6) is 0 Å². The zero-order chi connectivity index (χ0) is 16.1. The van der Waals surface area contributed by atoms with E-state index in [0.29, 0.717) is 5.69 Å². The van der Waals surface area contributed by atoms with Crippen LogP contribution in [0, 0.1) is 0 Å². The van der Waals surface area contributed by atoms with Crippen LogP contribution in [-0.2, 0) is 0 Å². The summed E-state index contributed by atoms with van der Waals surface area (Å²) in [5.74, 6) is 0.663. The molecule has 120 valence electrons. The summed E-state index contributed by atoms with van der Waals surface area (Å²) < 4.78 is 0. The number of hydrogen-bond donors (Lipinski definition) is 1. The lowest BCUT2D eigenvalue weighted by Crippen LogP contribution is -2.31. The van der Waals surface area contributed by atoms with Gasteiger partial charge < -0.3 is 10.2 Å². The van der Waals surface area contributed by atoms with Crippen LogP contribution < -0.4 is 10.2 Å². The number of benzene rings is 1. The van der Waals surface area contributed by atoms with E-state index in [4.69, 9.17) is 0 Å². The van der Waals surface area contributed by atoms with Crippen LogP contribution in [0.1, 0.15) is 48.3 Å². The van der Waals surface area contributed by atoms with Crippen molar-refractivity contribution in [3.05, 3.63) is 53.7 Å². The molecule has 0 bridgehead atoms. The van der Waals surface area contributed by atoms with Gasteiger partial charge in [-0.2, -0.15) is 0 Å². The minimum absolute atomic E-state index is 0.0627. The van der Waals surface area contributed by atoms with Crippen molar-refractivity contribution >= 4 is 11.7 Å². The van der Waals surface area contributed by atoms with Crippen molar-refractivity contribution in [2.45, 2.75) is 32.2 Å². The molecule has 1 N–H and O–H groups in total. The summed E-state index contributed by atoms with van der Waals surface area (Å²) in [4.78, 5) is 14.5. The lowest BCUT2D eigenvalue weighted by atomic mass is 10.1. The van der Waals surface area contributed by atoms with Gasteiger partial charge in [-0.05, 0) is 43.9 Å². The molecule has 1 amide bonds. The van der Waals surface area contributed by atoms with Gasteiger partial charge >= 0.3 is 0 Å². The number of carbonyl (C=O) groups is 1. The van der Waals surface area contributed by atoms with E-state index >= 15 is 0 Å². The van der Waals surface area contributed by atoms with E-state index in [2.05, 4.69) is 20.4 Å². The second-order valence-corrected chi connectivity index (χ2v) is 5.93. The van der Waals surface area contributed by atoms with Crippen molar-refractivity contribution in [3.63, 3.8) is 0 Å². The fourth-order valence-corrected chi connectivity index (χ4v) is 2.83. The average molecular weight is 310 g/mol. The van der Waals surface area contributed by atoms with E-state index in [1.807, 2.05) is 43.3 Å². The SMILES string of the molecule is CC(NC(=O)c1ccc(N2CCCCC2)nn1)c1ccccc1. The quantitative estimate of drug-likeness (QED) is 0.943. The highest BCUT2D eigenvalue weighted by atomic mass is 16.2. The van der Waals surface area contributed by atoms with Gasteiger partial charge in [0.15, 0.2) is 11.5 Å². The van der Waals surface area contributed by atoms with Crippen LogP contribution >= 0.6 is 0 Å². The zero-order valence-corrected chi connectivity index (χ0v) is 13.4. The zero-order valence-electron chi connectivity index (χ0n) is 13.4. The number of hydrogen-bond acceptors (Lipinski definition) is 4. The standard InChI is InChI=1S/C18H22N4O/c1-14(15-8-4-2-5-9-15)19-18(23)16-10-11-17(21-20-16)22-12-6-3-7-13-22/h2,4-5,8-11,14H,3,6-7,12-13H2,1H3,(H,19,23). The van der Waals surface area contributed by atoms with Crippen molar-refractivity contribution in [2.24, 2.45) is 0 Å². The summed E-state index contributed by atoms with van der Waals surface area (Å²) in [6.07, 6.45) is 3.67. The Labute approximate surface area is 136 Å². The maximum absolute atomic E-state index is 12.3. The first-order chi connectivity index (χ1) is 11.2. The molecule has 0 spiro atoms. The third-order valence-electron chi connectivity index (χ3n) is 4.21. The fourth-order valence-electron chi connectivity index (χ4n) is 2.83. The van der Waals surface area contributed by atoms with Gasteiger partial charge in [-0.25, -0.2) is 0 Å². The van der Waals surface area contributed by atoms with Crippen LogP contribution in [0.4, 0.5) is 5.82 Å². The third-order valence-corrected chi connectivity index (χ3v) is 4.21. The lowest BCUT2D eigenvalue weighted by Gasteiger charge is -2.27. The molecule has 0 aliphatic carbocycles. The number of aromatic nitrogens is 2. The van der Waals surface area contributed by atoms with Gasteiger partial charge in [0.2, 0.25) is 0 Å². The molecule has 1 aliphatic heterocycles. The molecule has 1 atom stereocenters. The van der Waals surface area contributed by atoms with Gasteiger partial charge in [0.1, 0.15) is 0 Å². The highest BCUT2D eigenvalue weighted by Crippen LogP contribution is 2.17. The van der Waals surface area contributed by atoms with Gasteiger partial charge in [-0.3, -0.25) is 4.79 Å². The molecule has 2 heterocycles. The van der Waals surface area contributed by atoms with Crippen LogP contribution in [0.2, 0.25) is 0 Å². The van der Waals surface area contributed by atoms with E-state index < -0.39 is 0 Å². The van der Waals surface area contributed by atoms with E-state index in [1.54, 1.807) is 6.07 Å². The Bertz CT molecular complexity index is 636. The number of carbonyl (C=O) groups excluding carboxylic acids is 1. The number of nitrogens with zero attached hydrogens (tertiary/aromatic N) is 3. The second kappa shape index (κ2) is 7.22. The molecular formula is C18H22N4O. The summed E-state index contributed by atoms with van der Waals surface area (Å²) in [5, 5.41) is 11.3. The van der Waals surface area contributed by atoms with Crippen molar-refractivity contribution in [3.8, 4) is 0 Å². The van der Waals surface area contributed by atoms with Crippen molar-refractivity contribution in [1.82, 2.24) is 15.5 Å². The summed E-state index contributed by atoms with van der Waals surface area (Å²) in [6.45, 7) is 4.00. The van der Waals surface area contributed by atoms with Gasteiger partial charge in [0.25, 0.3) is 5.91 Å². The topological polar surface area (TPSA) is 58.1 Å². The van der Waals surface area contributed by atoms with Crippen LogP contribution in [0.3, 0.4) is 0 Å². The van der Waals surface area contributed by atoms with E-state index in [0.717, 1.165) is 24.5 Å². The van der Waals surface area contributed by atoms with E-state index in [-0.39, 0.29) is 11.9 Å². The normalized spacial score (nSPS) is 16.0. The molecule has 5 heteroatoms. The molecule has 0 radical (unpaired) electrons. The van der Waals surface area contributed by atoms with E-state index in [9.17, 15) is 4.79 Å². The minimum Gasteiger partial charge on any atom is -0.355 e.